The zero-order chi connectivity index (χ0) is 25.6. The van der Waals surface area contributed by atoms with Gasteiger partial charge in [0.05, 0.1) is 44.5 Å². The Morgan fingerprint density at radius 2 is 1.64 bits per heavy atom. The molecule has 0 spiro atoms. The molecule has 0 aliphatic heterocycles. The summed E-state index contributed by atoms with van der Waals surface area (Å²) in [5.74, 6) is 0.111. The molecule has 0 bridgehead atoms. The number of hydrogen-bond donors (Lipinski definition) is 0. The molecular weight excluding hydrogens is 504 g/mol. The third kappa shape index (κ3) is 3.52. The smallest absolute Gasteiger partial charge is 0.278 e. The van der Waals surface area contributed by atoms with Gasteiger partial charge in [0.15, 0.2) is 6.29 Å². The van der Waals surface area contributed by atoms with E-state index in [2.05, 4.69) is 0 Å². The molecule has 0 atom stereocenters. The highest BCUT2D eigenvalue weighted by molar-refractivity contribution is 7.90. The minimum absolute atomic E-state index is 0.0513. The predicted molar refractivity (Wildman–Crippen MR) is 138 cm³/mol. The molecule has 4 aromatic carbocycles. The predicted octanol–water partition coefficient (Wildman–Crippen LogP) is 6.08. The van der Waals surface area contributed by atoms with E-state index >= 15 is 0 Å². The standard InChI is InChI=1S/C26H17ClN2O6S/c1-35-26-21(15-30)20(18-12-11-16(27)13-23(18)29(31)32)14-24-25(26)19-9-5-6-10-22(19)28(24)36(33,34)17-7-3-2-4-8-17/h2-15H,1H3. The maximum atomic E-state index is 13.9. The van der Waals surface area contributed by atoms with Crippen molar-refractivity contribution in [2.24, 2.45) is 0 Å². The molecule has 0 radical (unpaired) electrons. The minimum Gasteiger partial charge on any atom is -0.495 e. The van der Waals surface area contributed by atoms with Crippen LogP contribution in [0.1, 0.15) is 10.4 Å². The third-order valence-corrected chi connectivity index (χ3v) is 7.94. The molecule has 10 heteroatoms. The molecule has 0 N–H and O–H groups in total. The number of carbonyl (C=O) groups is 1. The van der Waals surface area contributed by atoms with Gasteiger partial charge < -0.3 is 4.74 Å². The van der Waals surface area contributed by atoms with E-state index in [-0.39, 0.29) is 43.6 Å². The van der Waals surface area contributed by atoms with E-state index in [0.717, 1.165) is 0 Å². The largest absolute Gasteiger partial charge is 0.495 e. The lowest BCUT2D eigenvalue weighted by atomic mass is 9.95. The molecule has 5 aromatic rings. The topological polar surface area (TPSA) is 109 Å². The molecule has 0 saturated carbocycles. The van der Waals surface area contributed by atoms with E-state index < -0.39 is 14.9 Å². The molecule has 0 aliphatic rings. The summed E-state index contributed by atoms with van der Waals surface area (Å²) in [6, 6.07) is 20.3. The number of para-hydroxylation sites is 1. The molecule has 0 aliphatic carbocycles. The van der Waals surface area contributed by atoms with Crippen molar-refractivity contribution in [3.8, 4) is 16.9 Å². The molecule has 0 fully saturated rings. The number of hydrogen-bond acceptors (Lipinski definition) is 6. The number of benzene rings is 4. The number of aromatic nitrogens is 1. The van der Waals surface area contributed by atoms with Crippen LogP contribution in [0.2, 0.25) is 5.02 Å². The van der Waals surface area contributed by atoms with Crippen molar-refractivity contribution >= 4 is 55.4 Å². The lowest BCUT2D eigenvalue weighted by Crippen LogP contribution is -2.13. The van der Waals surface area contributed by atoms with Gasteiger partial charge in [-0.05, 0) is 36.4 Å². The first-order chi connectivity index (χ1) is 17.3. The monoisotopic (exact) mass is 520 g/mol. The number of ether oxygens (including phenoxy) is 1. The molecule has 1 aromatic heterocycles. The van der Waals surface area contributed by atoms with Gasteiger partial charge in [0.25, 0.3) is 15.7 Å². The Labute approximate surface area is 210 Å². The Hall–Kier alpha value is -4.21. The summed E-state index contributed by atoms with van der Waals surface area (Å²) < 4.78 is 34.6. The first-order valence-electron chi connectivity index (χ1n) is 10.6. The van der Waals surface area contributed by atoms with Gasteiger partial charge in [0.2, 0.25) is 0 Å². The van der Waals surface area contributed by atoms with Crippen LogP contribution in [0.5, 0.6) is 5.75 Å². The molecule has 1 heterocycles. The highest BCUT2D eigenvalue weighted by atomic mass is 35.5. The quantitative estimate of drug-likeness (QED) is 0.152. The van der Waals surface area contributed by atoms with Crippen LogP contribution in [0.4, 0.5) is 5.69 Å². The van der Waals surface area contributed by atoms with Gasteiger partial charge in [-0.2, -0.15) is 0 Å². The zero-order valence-electron chi connectivity index (χ0n) is 18.7. The summed E-state index contributed by atoms with van der Waals surface area (Å²) >= 11 is 6.00. The van der Waals surface area contributed by atoms with Crippen LogP contribution in [0.15, 0.2) is 83.8 Å². The highest BCUT2D eigenvalue weighted by Crippen LogP contribution is 2.45. The van der Waals surface area contributed by atoms with Crippen LogP contribution in [-0.4, -0.2) is 30.7 Å². The van der Waals surface area contributed by atoms with Gasteiger partial charge in [-0.3, -0.25) is 14.9 Å². The van der Waals surface area contributed by atoms with Crippen LogP contribution in [-0.2, 0) is 10.0 Å². The van der Waals surface area contributed by atoms with Crippen LogP contribution in [0.3, 0.4) is 0 Å². The molecule has 180 valence electrons. The Morgan fingerprint density at radius 3 is 2.31 bits per heavy atom. The van der Waals surface area contributed by atoms with Crippen molar-refractivity contribution in [1.29, 1.82) is 0 Å². The van der Waals surface area contributed by atoms with Crippen LogP contribution < -0.4 is 4.74 Å². The number of fused-ring (bicyclic) bond motifs is 3. The molecule has 8 nitrogen and oxygen atoms in total. The van der Waals surface area contributed by atoms with Gasteiger partial charge in [-0.25, -0.2) is 12.4 Å². The summed E-state index contributed by atoms with van der Waals surface area (Å²) in [7, 11) is -2.75. The van der Waals surface area contributed by atoms with Crippen molar-refractivity contribution < 1.29 is 22.9 Å². The number of methoxy groups -OCH3 is 1. The van der Waals surface area contributed by atoms with Crippen LogP contribution in [0.25, 0.3) is 32.9 Å². The molecule has 0 amide bonds. The summed E-state index contributed by atoms with van der Waals surface area (Å²) in [6.07, 6.45) is 0.545. The van der Waals surface area contributed by atoms with Gasteiger partial charge in [0.1, 0.15) is 5.75 Å². The molecule has 36 heavy (non-hydrogen) atoms. The molecule has 5 rings (SSSR count). The fourth-order valence-electron chi connectivity index (χ4n) is 4.46. The van der Waals surface area contributed by atoms with E-state index in [1.54, 1.807) is 42.5 Å². The van der Waals surface area contributed by atoms with E-state index in [1.165, 1.54) is 47.5 Å². The van der Waals surface area contributed by atoms with Gasteiger partial charge >= 0.3 is 0 Å². The number of rotatable bonds is 6. The van der Waals surface area contributed by atoms with Crippen molar-refractivity contribution in [1.82, 2.24) is 3.97 Å². The number of halogens is 1. The highest BCUT2D eigenvalue weighted by Gasteiger charge is 2.29. The maximum absolute atomic E-state index is 13.9. The van der Waals surface area contributed by atoms with Crippen molar-refractivity contribution in [2.45, 2.75) is 4.90 Å². The SMILES string of the molecule is COc1c(C=O)c(-c2ccc(Cl)cc2[N+](=O)[O-])cc2c1c1ccccc1n2S(=O)(=O)c1ccccc1. The fraction of sp³-hybridized carbons (Fsp3) is 0.0385. The number of carbonyl (C=O) groups excluding carboxylic acids is 1. The Bertz CT molecular complexity index is 1800. The summed E-state index contributed by atoms with van der Waals surface area (Å²) in [6.45, 7) is 0. The van der Waals surface area contributed by atoms with Gasteiger partial charge in [0, 0.05) is 22.0 Å². The van der Waals surface area contributed by atoms with Crippen molar-refractivity contribution in [3.05, 3.63) is 99.6 Å². The third-order valence-electron chi connectivity index (χ3n) is 5.96. The normalized spacial score (nSPS) is 11.6. The molecule has 0 saturated heterocycles. The number of nitrogens with zero attached hydrogens (tertiary/aromatic N) is 2. The number of aldehydes is 1. The fourth-order valence-corrected chi connectivity index (χ4v) is 6.16. The van der Waals surface area contributed by atoms with E-state index in [0.29, 0.717) is 22.6 Å². The Morgan fingerprint density at radius 1 is 0.944 bits per heavy atom. The molecular formula is C26H17ClN2O6S. The van der Waals surface area contributed by atoms with Crippen molar-refractivity contribution in [3.63, 3.8) is 0 Å². The second-order valence-corrected chi connectivity index (χ2v) is 10.1. The average Bonchev–Trinajstić information content (AvgIpc) is 3.22. The first kappa shape index (κ1) is 23.5. The summed E-state index contributed by atoms with van der Waals surface area (Å²) in [5.41, 5.74) is 0.540. The second-order valence-electron chi connectivity index (χ2n) is 7.90. The molecule has 0 unspecified atom stereocenters. The number of nitro benzene ring substituents is 1. The summed E-state index contributed by atoms with van der Waals surface area (Å²) in [4.78, 5) is 23.6. The number of nitro groups is 1. The Balaban J connectivity index is 2.01. The van der Waals surface area contributed by atoms with Gasteiger partial charge in [-0.15, -0.1) is 0 Å². The van der Waals surface area contributed by atoms with E-state index in [1.807, 2.05) is 0 Å². The lowest BCUT2D eigenvalue weighted by molar-refractivity contribution is -0.384. The lowest BCUT2D eigenvalue weighted by Gasteiger charge is -2.14. The minimum atomic E-state index is -4.11. The van der Waals surface area contributed by atoms with Crippen LogP contribution >= 0.6 is 11.6 Å². The Kier molecular flexibility index (Phi) is 5.74. The van der Waals surface area contributed by atoms with Crippen molar-refractivity contribution in [2.75, 3.05) is 7.11 Å². The maximum Gasteiger partial charge on any atom is 0.278 e. The van der Waals surface area contributed by atoms with E-state index in [9.17, 15) is 23.3 Å². The van der Waals surface area contributed by atoms with Crippen LogP contribution in [0, 0.1) is 10.1 Å². The second kappa shape index (κ2) is 8.78. The van der Waals surface area contributed by atoms with Gasteiger partial charge in [-0.1, -0.05) is 48.0 Å². The average molecular weight is 521 g/mol. The zero-order valence-corrected chi connectivity index (χ0v) is 20.3. The first-order valence-corrected chi connectivity index (χ1v) is 12.5. The van der Waals surface area contributed by atoms with E-state index in [4.69, 9.17) is 16.3 Å². The summed E-state index contributed by atoms with van der Waals surface area (Å²) in [5, 5.41) is 12.9.